The van der Waals surface area contributed by atoms with Crippen LogP contribution in [0.1, 0.15) is 49.7 Å². The van der Waals surface area contributed by atoms with E-state index in [2.05, 4.69) is 22.6 Å². The zero-order valence-electron chi connectivity index (χ0n) is 11.4. The lowest BCUT2D eigenvalue weighted by Gasteiger charge is -2.20. The molecule has 2 N–H and O–H groups in total. The summed E-state index contributed by atoms with van der Waals surface area (Å²) in [6, 6.07) is 0. The Bertz CT molecular complexity index is 425. The fourth-order valence-electron chi connectivity index (χ4n) is 2.53. The fourth-order valence-corrected chi connectivity index (χ4v) is 3.31. The maximum Gasteiger partial charge on any atom is 0.222 e. The highest BCUT2D eigenvalue weighted by Crippen LogP contribution is 2.32. The van der Waals surface area contributed by atoms with E-state index in [0.29, 0.717) is 6.54 Å². The second kappa shape index (κ2) is 6.48. The fraction of sp³-hybridized carbons (Fsp3) is 0.714. The van der Waals surface area contributed by atoms with E-state index in [1.165, 1.54) is 0 Å². The molecule has 0 bridgehead atoms. The molecule has 1 saturated carbocycles. The Morgan fingerprint density at radius 3 is 2.89 bits per heavy atom. The molecule has 2 rings (SSSR count). The largest absolute Gasteiger partial charge is 0.389 e. The summed E-state index contributed by atoms with van der Waals surface area (Å²) in [6.07, 6.45) is 5.54. The number of nitrogens with one attached hydrogen (secondary N) is 1. The molecule has 19 heavy (non-hydrogen) atoms. The Balaban J connectivity index is 1.69. The molecule has 1 aromatic rings. The summed E-state index contributed by atoms with van der Waals surface area (Å²) >= 11 is 1.67. The summed E-state index contributed by atoms with van der Waals surface area (Å²) in [4.78, 5) is 16.2. The first-order chi connectivity index (χ1) is 9.11. The number of carbonyl (C=O) groups is 1. The Morgan fingerprint density at radius 1 is 1.53 bits per heavy atom. The van der Waals surface area contributed by atoms with Crippen LogP contribution in [0.5, 0.6) is 0 Å². The van der Waals surface area contributed by atoms with Gasteiger partial charge in [0.15, 0.2) is 0 Å². The van der Waals surface area contributed by atoms with Crippen molar-refractivity contribution in [3.63, 3.8) is 0 Å². The highest BCUT2D eigenvalue weighted by Gasteiger charge is 2.33. The van der Waals surface area contributed by atoms with Crippen molar-refractivity contribution in [2.75, 3.05) is 6.54 Å². The van der Waals surface area contributed by atoms with Crippen molar-refractivity contribution in [1.82, 2.24) is 10.3 Å². The molecule has 1 aromatic heterocycles. The van der Waals surface area contributed by atoms with Gasteiger partial charge in [-0.3, -0.25) is 4.79 Å². The average molecular weight is 282 g/mol. The lowest BCUT2D eigenvalue weighted by Crippen LogP contribution is -2.35. The van der Waals surface area contributed by atoms with E-state index in [9.17, 15) is 9.90 Å². The summed E-state index contributed by atoms with van der Waals surface area (Å²) in [6.45, 7) is 2.69. The lowest BCUT2D eigenvalue weighted by molar-refractivity contribution is -0.125. The second-order valence-electron chi connectivity index (χ2n) is 5.29. The van der Waals surface area contributed by atoms with Gasteiger partial charge < -0.3 is 10.4 Å². The van der Waals surface area contributed by atoms with Gasteiger partial charge >= 0.3 is 0 Å². The van der Waals surface area contributed by atoms with Gasteiger partial charge in [0, 0.05) is 18.3 Å². The van der Waals surface area contributed by atoms with Gasteiger partial charge in [-0.2, -0.15) is 0 Å². The van der Waals surface area contributed by atoms with Gasteiger partial charge in [-0.15, -0.1) is 11.3 Å². The predicted molar refractivity (Wildman–Crippen MR) is 76.2 cm³/mol. The molecule has 0 unspecified atom stereocenters. The molecule has 0 aromatic carbocycles. The van der Waals surface area contributed by atoms with Crippen LogP contribution in [0.2, 0.25) is 0 Å². The highest BCUT2D eigenvalue weighted by atomic mass is 32.1. The van der Waals surface area contributed by atoms with Crippen molar-refractivity contribution < 1.29 is 9.90 Å². The van der Waals surface area contributed by atoms with E-state index in [0.717, 1.165) is 49.2 Å². The molecular weight excluding hydrogens is 260 g/mol. The second-order valence-corrected chi connectivity index (χ2v) is 6.24. The molecule has 1 aliphatic rings. The third-order valence-electron chi connectivity index (χ3n) is 3.63. The average Bonchev–Trinajstić information content (AvgIpc) is 2.98. The Kier molecular flexibility index (Phi) is 4.93. The maximum atomic E-state index is 11.8. The van der Waals surface area contributed by atoms with Gasteiger partial charge in [-0.05, 0) is 19.3 Å². The van der Waals surface area contributed by atoms with Crippen LogP contribution in [0.4, 0.5) is 0 Å². The van der Waals surface area contributed by atoms with E-state index in [4.69, 9.17) is 0 Å². The Labute approximate surface area is 118 Å². The summed E-state index contributed by atoms with van der Waals surface area (Å²) < 4.78 is 0. The minimum absolute atomic E-state index is 0.0460. The number of carbonyl (C=O) groups excluding carboxylic acids is 1. The first kappa shape index (κ1) is 14.5. The molecule has 1 heterocycles. The number of aromatic nitrogens is 1. The minimum Gasteiger partial charge on any atom is -0.389 e. The molecule has 0 saturated heterocycles. The van der Waals surface area contributed by atoms with Crippen LogP contribution in [-0.4, -0.2) is 28.1 Å². The van der Waals surface area contributed by atoms with Gasteiger partial charge in [-0.25, -0.2) is 4.98 Å². The molecule has 1 amide bonds. The van der Waals surface area contributed by atoms with Gasteiger partial charge in [-0.1, -0.05) is 19.8 Å². The van der Waals surface area contributed by atoms with E-state index in [-0.39, 0.29) is 12.3 Å². The van der Waals surface area contributed by atoms with Gasteiger partial charge in [0.1, 0.15) is 0 Å². The van der Waals surface area contributed by atoms with Gasteiger partial charge in [0.05, 0.1) is 22.7 Å². The van der Waals surface area contributed by atoms with E-state index >= 15 is 0 Å². The summed E-state index contributed by atoms with van der Waals surface area (Å²) in [5, 5.41) is 16.2. The number of aryl methyl sites for hydroxylation is 1. The topological polar surface area (TPSA) is 62.2 Å². The monoisotopic (exact) mass is 282 g/mol. The molecule has 0 spiro atoms. The van der Waals surface area contributed by atoms with Crippen LogP contribution in [0.15, 0.2) is 5.38 Å². The number of thiazole rings is 1. The van der Waals surface area contributed by atoms with Crippen LogP contribution in [0, 0.1) is 0 Å². The zero-order chi connectivity index (χ0) is 13.7. The number of amides is 1. The third-order valence-corrected chi connectivity index (χ3v) is 4.67. The Hall–Kier alpha value is -0.940. The van der Waals surface area contributed by atoms with Crippen molar-refractivity contribution in [3.05, 3.63) is 16.1 Å². The van der Waals surface area contributed by atoms with Gasteiger partial charge in [0.2, 0.25) is 5.91 Å². The molecule has 0 radical (unpaired) electrons. The number of hydrogen-bond acceptors (Lipinski definition) is 4. The third kappa shape index (κ3) is 4.28. The molecule has 0 atom stereocenters. The lowest BCUT2D eigenvalue weighted by atomic mass is 9.98. The van der Waals surface area contributed by atoms with Crippen molar-refractivity contribution in [1.29, 1.82) is 0 Å². The molecule has 1 aliphatic carbocycles. The van der Waals surface area contributed by atoms with Crippen LogP contribution in [0.3, 0.4) is 0 Å². The zero-order valence-corrected chi connectivity index (χ0v) is 12.3. The summed E-state index contributed by atoms with van der Waals surface area (Å²) in [5.74, 6) is -0.0460. The number of hydrogen-bond donors (Lipinski definition) is 2. The van der Waals surface area contributed by atoms with Crippen LogP contribution in [-0.2, 0) is 17.6 Å². The van der Waals surface area contributed by atoms with E-state index < -0.39 is 5.60 Å². The van der Waals surface area contributed by atoms with Crippen molar-refractivity contribution in [2.45, 2.75) is 57.5 Å². The standard InChI is InChI=1S/C14H22N2O2S/c1-2-13-16-11(10-19-13)5-8-15-12(17)9-14(18)6-3-4-7-14/h10,18H,2-9H2,1H3,(H,15,17). The minimum atomic E-state index is -0.750. The first-order valence-electron chi connectivity index (χ1n) is 7.04. The van der Waals surface area contributed by atoms with Crippen LogP contribution < -0.4 is 5.32 Å². The van der Waals surface area contributed by atoms with Crippen LogP contribution in [0.25, 0.3) is 0 Å². The normalized spacial score (nSPS) is 17.6. The summed E-state index contributed by atoms with van der Waals surface area (Å²) in [5.41, 5.74) is 0.293. The van der Waals surface area contributed by atoms with E-state index in [1.54, 1.807) is 11.3 Å². The van der Waals surface area contributed by atoms with Crippen molar-refractivity contribution in [2.24, 2.45) is 0 Å². The molecule has 1 fully saturated rings. The smallest absolute Gasteiger partial charge is 0.222 e. The molecular formula is C14H22N2O2S. The molecule has 4 nitrogen and oxygen atoms in total. The maximum absolute atomic E-state index is 11.8. The van der Waals surface area contributed by atoms with Crippen LogP contribution >= 0.6 is 11.3 Å². The summed E-state index contributed by atoms with van der Waals surface area (Å²) in [7, 11) is 0. The quantitative estimate of drug-likeness (QED) is 0.839. The molecule has 5 heteroatoms. The first-order valence-corrected chi connectivity index (χ1v) is 7.92. The molecule has 0 aliphatic heterocycles. The van der Waals surface area contributed by atoms with Crippen molar-refractivity contribution >= 4 is 17.2 Å². The van der Waals surface area contributed by atoms with Crippen molar-refractivity contribution in [3.8, 4) is 0 Å². The SMILES string of the molecule is CCc1nc(CCNC(=O)CC2(O)CCCC2)cs1. The highest BCUT2D eigenvalue weighted by molar-refractivity contribution is 7.09. The van der Waals surface area contributed by atoms with E-state index in [1.807, 2.05) is 0 Å². The Morgan fingerprint density at radius 2 is 2.26 bits per heavy atom. The predicted octanol–water partition coefficient (Wildman–Crippen LogP) is 2.06. The molecule has 106 valence electrons. The number of rotatable bonds is 6. The number of nitrogens with zero attached hydrogens (tertiary/aromatic N) is 1. The van der Waals surface area contributed by atoms with Gasteiger partial charge in [0.25, 0.3) is 0 Å². The number of aliphatic hydroxyl groups is 1.